The maximum atomic E-state index is 12.5. The molecule has 0 aromatic heterocycles. The molecule has 0 radical (unpaired) electrons. The van der Waals surface area contributed by atoms with Crippen molar-refractivity contribution in [2.24, 2.45) is 5.73 Å². The van der Waals surface area contributed by atoms with E-state index in [0.717, 1.165) is 11.8 Å². The summed E-state index contributed by atoms with van der Waals surface area (Å²) in [7, 11) is 0. The lowest BCUT2D eigenvalue weighted by atomic mass is 9.83. The second kappa shape index (κ2) is 8.88. The molecule has 5 heteroatoms. The fraction of sp³-hybridized carbons (Fsp3) is 0.389. The van der Waals surface area contributed by atoms with Crippen LogP contribution in [0.2, 0.25) is 0 Å². The van der Waals surface area contributed by atoms with E-state index in [0.29, 0.717) is 12.0 Å². The molecular weight excluding hydrogens is 292 g/mol. The summed E-state index contributed by atoms with van der Waals surface area (Å²) in [4.78, 5) is 34.3. The van der Waals surface area contributed by atoms with Crippen molar-refractivity contribution >= 4 is 18.0 Å². The largest absolute Gasteiger partial charge is 0.378 e. The number of carbonyl (C=O) groups excluding carboxylic acids is 3. The van der Waals surface area contributed by atoms with E-state index < -0.39 is 11.4 Å². The molecule has 1 aliphatic heterocycles. The SMILES string of the molecule is CCC.NC(=O)CC1=CNC(CC=O)(Cc2ccccc2)C1=O. The van der Waals surface area contributed by atoms with Crippen molar-refractivity contribution < 1.29 is 14.4 Å². The molecule has 1 amide bonds. The average Bonchev–Trinajstić information content (AvgIpc) is 2.79. The van der Waals surface area contributed by atoms with Crippen molar-refractivity contribution in [2.45, 2.75) is 45.1 Å². The molecule has 1 aromatic rings. The van der Waals surface area contributed by atoms with Gasteiger partial charge in [-0.25, -0.2) is 0 Å². The van der Waals surface area contributed by atoms with E-state index in [1.165, 1.54) is 12.6 Å². The molecule has 0 aliphatic carbocycles. The Labute approximate surface area is 136 Å². The van der Waals surface area contributed by atoms with Crippen molar-refractivity contribution in [1.82, 2.24) is 5.32 Å². The number of Topliss-reactive ketones (excluding diaryl/α,β-unsaturated/α-hetero) is 1. The number of rotatable bonds is 6. The number of hydrogen-bond acceptors (Lipinski definition) is 4. The van der Waals surface area contributed by atoms with Gasteiger partial charge in [0.2, 0.25) is 5.91 Å². The summed E-state index contributed by atoms with van der Waals surface area (Å²) in [6, 6.07) is 9.43. The Morgan fingerprint density at radius 2 is 1.87 bits per heavy atom. The number of amides is 1. The third kappa shape index (κ3) is 5.06. The number of carbonyl (C=O) groups is 3. The van der Waals surface area contributed by atoms with Gasteiger partial charge in [0.1, 0.15) is 11.8 Å². The molecule has 5 nitrogen and oxygen atoms in total. The smallest absolute Gasteiger partial charge is 0.222 e. The lowest BCUT2D eigenvalue weighted by molar-refractivity contribution is -0.124. The minimum Gasteiger partial charge on any atom is -0.378 e. The number of ketones is 1. The molecule has 2 rings (SSSR count). The predicted octanol–water partition coefficient (Wildman–Crippen LogP) is 1.90. The number of nitrogens with two attached hydrogens (primary N) is 1. The van der Waals surface area contributed by atoms with Crippen molar-refractivity contribution in [3.8, 4) is 0 Å². The van der Waals surface area contributed by atoms with Gasteiger partial charge in [-0.1, -0.05) is 50.6 Å². The first-order valence-corrected chi connectivity index (χ1v) is 7.76. The van der Waals surface area contributed by atoms with Gasteiger partial charge in [0, 0.05) is 24.6 Å². The molecule has 1 heterocycles. The molecule has 1 aromatic carbocycles. The van der Waals surface area contributed by atoms with Gasteiger partial charge in [0.05, 0.1) is 6.42 Å². The van der Waals surface area contributed by atoms with Crippen LogP contribution in [0.3, 0.4) is 0 Å². The second-order valence-electron chi connectivity index (χ2n) is 5.61. The Kier molecular flexibility index (Phi) is 7.19. The van der Waals surface area contributed by atoms with Crippen LogP contribution < -0.4 is 11.1 Å². The van der Waals surface area contributed by atoms with Gasteiger partial charge >= 0.3 is 0 Å². The Hall–Kier alpha value is -2.43. The van der Waals surface area contributed by atoms with Crippen LogP contribution in [0, 0.1) is 0 Å². The zero-order chi connectivity index (χ0) is 17.3. The maximum Gasteiger partial charge on any atom is 0.222 e. The molecule has 0 spiro atoms. The Bertz CT molecular complexity index is 581. The summed E-state index contributed by atoms with van der Waals surface area (Å²) in [6.07, 6.45) is 3.80. The molecule has 0 fully saturated rings. The molecule has 124 valence electrons. The van der Waals surface area contributed by atoms with Crippen LogP contribution in [-0.2, 0) is 20.8 Å². The lowest BCUT2D eigenvalue weighted by Crippen LogP contribution is -2.48. The van der Waals surface area contributed by atoms with Crippen molar-refractivity contribution in [2.75, 3.05) is 0 Å². The topological polar surface area (TPSA) is 89.3 Å². The van der Waals surface area contributed by atoms with Crippen LogP contribution >= 0.6 is 0 Å². The monoisotopic (exact) mass is 316 g/mol. The summed E-state index contributed by atoms with van der Waals surface area (Å²) in [6.45, 7) is 4.25. The highest BCUT2D eigenvalue weighted by atomic mass is 16.1. The molecule has 1 unspecified atom stereocenters. The van der Waals surface area contributed by atoms with E-state index in [-0.39, 0.29) is 18.6 Å². The number of aldehydes is 1. The number of nitrogens with one attached hydrogen (secondary N) is 1. The zero-order valence-corrected chi connectivity index (χ0v) is 13.7. The molecule has 23 heavy (non-hydrogen) atoms. The van der Waals surface area contributed by atoms with Crippen molar-refractivity contribution in [1.29, 1.82) is 0 Å². The molecule has 1 aliphatic rings. The molecule has 0 bridgehead atoms. The van der Waals surface area contributed by atoms with E-state index in [1.807, 2.05) is 30.3 Å². The van der Waals surface area contributed by atoms with Crippen molar-refractivity contribution in [3.63, 3.8) is 0 Å². The number of hydrogen-bond donors (Lipinski definition) is 2. The van der Waals surface area contributed by atoms with Crippen LogP contribution in [0.1, 0.15) is 38.7 Å². The highest BCUT2D eigenvalue weighted by Gasteiger charge is 2.43. The molecule has 1 atom stereocenters. The first kappa shape index (κ1) is 18.6. The molecule has 0 saturated carbocycles. The standard InChI is InChI=1S/C15H16N2O3.C3H8/c16-13(19)8-12-10-17-15(6-7-18,14(12)20)9-11-4-2-1-3-5-11;1-3-2/h1-5,7,10,17H,6,8-9H2,(H2,16,19);3H2,1-2H3. The van der Waals surface area contributed by atoms with E-state index >= 15 is 0 Å². The van der Waals surface area contributed by atoms with Gasteiger partial charge in [-0.15, -0.1) is 0 Å². The highest BCUT2D eigenvalue weighted by Crippen LogP contribution is 2.27. The van der Waals surface area contributed by atoms with Crippen LogP contribution in [-0.4, -0.2) is 23.5 Å². The zero-order valence-electron chi connectivity index (χ0n) is 13.7. The van der Waals surface area contributed by atoms with Gasteiger partial charge in [-0.05, 0) is 5.56 Å². The van der Waals surface area contributed by atoms with Crippen LogP contribution in [0.15, 0.2) is 42.1 Å². The normalized spacial score (nSPS) is 19.2. The summed E-state index contributed by atoms with van der Waals surface area (Å²) in [5, 5.41) is 2.97. The first-order chi connectivity index (χ1) is 11.0. The quantitative estimate of drug-likeness (QED) is 0.785. The van der Waals surface area contributed by atoms with E-state index in [2.05, 4.69) is 19.2 Å². The summed E-state index contributed by atoms with van der Waals surface area (Å²) in [5.41, 5.74) is 5.41. The van der Waals surface area contributed by atoms with E-state index in [1.54, 1.807) is 0 Å². The van der Waals surface area contributed by atoms with Crippen LogP contribution in [0.5, 0.6) is 0 Å². The van der Waals surface area contributed by atoms with E-state index in [9.17, 15) is 14.4 Å². The lowest BCUT2D eigenvalue weighted by Gasteiger charge is -2.27. The second-order valence-corrected chi connectivity index (χ2v) is 5.61. The molecular formula is C18H24N2O3. The molecule has 3 N–H and O–H groups in total. The Morgan fingerprint density at radius 1 is 1.26 bits per heavy atom. The summed E-state index contributed by atoms with van der Waals surface area (Å²) in [5.74, 6) is -0.791. The van der Waals surface area contributed by atoms with Gasteiger partial charge < -0.3 is 15.8 Å². The van der Waals surface area contributed by atoms with Crippen LogP contribution in [0.4, 0.5) is 0 Å². The summed E-state index contributed by atoms with van der Waals surface area (Å²) >= 11 is 0. The van der Waals surface area contributed by atoms with Gasteiger partial charge in [-0.3, -0.25) is 9.59 Å². The number of benzene rings is 1. The highest BCUT2D eigenvalue weighted by molar-refractivity contribution is 6.08. The minimum atomic E-state index is -0.992. The predicted molar refractivity (Wildman–Crippen MR) is 89.6 cm³/mol. The first-order valence-electron chi connectivity index (χ1n) is 7.76. The fourth-order valence-corrected chi connectivity index (χ4v) is 2.42. The van der Waals surface area contributed by atoms with Gasteiger partial charge in [0.15, 0.2) is 5.78 Å². The average molecular weight is 316 g/mol. The Balaban J connectivity index is 0.000000816. The molecule has 0 saturated heterocycles. The number of primary amides is 1. The third-order valence-corrected chi connectivity index (χ3v) is 3.39. The third-order valence-electron chi connectivity index (χ3n) is 3.39. The van der Waals surface area contributed by atoms with Crippen LogP contribution in [0.25, 0.3) is 0 Å². The van der Waals surface area contributed by atoms with Crippen molar-refractivity contribution in [3.05, 3.63) is 47.7 Å². The Morgan fingerprint density at radius 3 is 2.39 bits per heavy atom. The van der Waals surface area contributed by atoms with Gasteiger partial charge in [0.25, 0.3) is 0 Å². The fourth-order valence-electron chi connectivity index (χ4n) is 2.42. The maximum absolute atomic E-state index is 12.5. The summed E-state index contributed by atoms with van der Waals surface area (Å²) < 4.78 is 0. The van der Waals surface area contributed by atoms with E-state index in [4.69, 9.17) is 5.73 Å². The minimum absolute atomic E-state index is 0.0550. The van der Waals surface area contributed by atoms with Gasteiger partial charge in [-0.2, -0.15) is 0 Å².